The molecule has 0 fully saturated rings. The molecule has 2 aromatic carbocycles. The number of H-pyrrole nitrogens is 1. The number of pyridine rings is 1. The summed E-state index contributed by atoms with van der Waals surface area (Å²) in [5.74, 6) is -0.555. The molecule has 0 spiro atoms. The van der Waals surface area contributed by atoms with Crippen LogP contribution in [0.15, 0.2) is 59.4 Å². The average Bonchev–Trinajstić information content (AvgIpc) is 2.54. The van der Waals surface area contributed by atoms with Gasteiger partial charge in [-0.2, -0.15) is 0 Å². The lowest BCUT2D eigenvalue weighted by atomic mass is 10.0. The number of esters is 1. The predicted molar refractivity (Wildman–Crippen MR) is 81.3 cm³/mol. The van der Waals surface area contributed by atoms with Crippen LogP contribution in [0.1, 0.15) is 10.5 Å². The largest absolute Gasteiger partial charge is 0.464 e. The molecule has 0 amide bonds. The molecule has 0 unspecified atom stereocenters. The molecule has 1 N–H and O–H groups in total. The maximum atomic E-state index is 12.2. The molecule has 0 aliphatic rings. The van der Waals surface area contributed by atoms with Crippen molar-refractivity contribution < 1.29 is 9.53 Å². The Hall–Kier alpha value is -2.88. The summed E-state index contributed by atoms with van der Waals surface area (Å²) in [5.41, 5.74) is 2.56. The zero-order valence-electron chi connectivity index (χ0n) is 11.4. The van der Waals surface area contributed by atoms with Gasteiger partial charge in [0.25, 0.3) is 0 Å². The van der Waals surface area contributed by atoms with Crippen LogP contribution in [0.5, 0.6) is 0 Å². The number of carbonyl (C=O) groups excluding carboxylic acids is 1. The van der Waals surface area contributed by atoms with Crippen molar-refractivity contribution in [2.24, 2.45) is 0 Å². The zero-order chi connectivity index (χ0) is 14.8. The molecular weight excluding hydrogens is 266 g/mol. The van der Waals surface area contributed by atoms with E-state index in [2.05, 4.69) is 9.72 Å². The van der Waals surface area contributed by atoms with Crippen LogP contribution < -0.4 is 5.43 Å². The van der Waals surface area contributed by atoms with E-state index in [1.807, 2.05) is 42.5 Å². The van der Waals surface area contributed by atoms with Crippen molar-refractivity contribution in [3.05, 3.63) is 70.5 Å². The molecule has 1 heterocycles. The average molecular weight is 279 g/mol. The molecule has 104 valence electrons. The highest BCUT2D eigenvalue weighted by Gasteiger charge is 2.10. The molecule has 21 heavy (non-hydrogen) atoms. The van der Waals surface area contributed by atoms with E-state index in [0.717, 1.165) is 11.1 Å². The second kappa shape index (κ2) is 5.25. The van der Waals surface area contributed by atoms with Gasteiger partial charge in [0, 0.05) is 17.0 Å². The molecule has 4 nitrogen and oxygen atoms in total. The summed E-state index contributed by atoms with van der Waals surface area (Å²) >= 11 is 0. The molecule has 1 aromatic heterocycles. The Morgan fingerprint density at radius 2 is 1.76 bits per heavy atom. The van der Waals surface area contributed by atoms with Crippen molar-refractivity contribution in [2.75, 3.05) is 7.11 Å². The Bertz CT molecular complexity index is 866. The van der Waals surface area contributed by atoms with Crippen LogP contribution in [0.4, 0.5) is 0 Å². The lowest BCUT2D eigenvalue weighted by Crippen LogP contribution is -2.11. The van der Waals surface area contributed by atoms with E-state index in [0.29, 0.717) is 10.9 Å². The highest BCUT2D eigenvalue weighted by molar-refractivity contribution is 5.92. The van der Waals surface area contributed by atoms with E-state index in [9.17, 15) is 9.59 Å². The van der Waals surface area contributed by atoms with Gasteiger partial charge in [0.1, 0.15) is 5.69 Å². The number of ether oxygens (including phenoxy) is 1. The van der Waals surface area contributed by atoms with Crippen LogP contribution in [-0.2, 0) is 4.74 Å². The van der Waals surface area contributed by atoms with E-state index in [1.165, 1.54) is 13.2 Å². The second-order valence-electron chi connectivity index (χ2n) is 4.67. The SMILES string of the molecule is COC(=O)c1cc(=O)c2cc(-c3ccccc3)ccc2[nH]1. The Balaban J connectivity index is 2.18. The topological polar surface area (TPSA) is 59.2 Å². The highest BCUT2D eigenvalue weighted by atomic mass is 16.5. The molecule has 0 bridgehead atoms. The normalized spacial score (nSPS) is 10.5. The van der Waals surface area contributed by atoms with Gasteiger partial charge in [-0.1, -0.05) is 36.4 Å². The van der Waals surface area contributed by atoms with Crippen molar-refractivity contribution in [1.82, 2.24) is 4.98 Å². The van der Waals surface area contributed by atoms with Crippen LogP contribution in [0.25, 0.3) is 22.0 Å². The first-order valence-corrected chi connectivity index (χ1v) is 6.50. The number of fused-ring (bicyclic) bond motifs is 1. The molecule has 0 saturated heterocycles. The molecule has 3 rings (SSSR count). The minimum Gasteiger partial charge on any atom is -0.464 e. The van der Waals surface area contributed by atoms with Crippen molar-refractivity contribution in [1.29, 1.82) is 0 Å². The lowest BCUT2D eigenvalue weighted by Gasteiger charge is -2.05. The van der Waals surface area contributed by atoms with Crippen molar-refractivity contribution in [3.63, 3.8) is 0 Å². The summed E-state index contributed by atoms with van der Waals surface area (Å²) in [6.07, 6.45) is 0. The minimum absolute atomic E-state index is 0.155. The van der Waals surface area contributed by atoms with E-state index in [4.69, 9.17) is 0 Å². The standard InChI is InChI=1S/C17H13NO3/c1-21-17(20)15-10-16(19)13-9-12(7-8-14(13)18-15)11-5-3-2-4-6-11/h2-10H,1H3,(H,18,19). The molecule has 0 atom stereocenters. The number of carbonyl (C=O) groups is 1. The second-order valence-corrected chi connectivity index (χ2v) is 4.67. The number of nitrogens with one attached hydrogen (secondary N) is 1. The molecule has 0 aliphatic carbocycles. The third-order valence-electron chi connectivity index (χ3n) is 3.34. The Morgan fingerprint density at radius 3 is 2.48 bits per heavy atom. The monoisotopic (exact) mass is 279 g/mol. The van der Waals surface area contributed by atoms with Crippen LogP contribution in [-0.4, -0.2) is 18.1 Å². The number of methoxy groups -OCH3 is 1. The van der Waals surface area contributed by atoms with E-state index < -0.39 is 5.97 Å². The van der Waals surface area contributed by atoms with Crippen molar-refractivity contribution in [3.8, 4) is 11.1 Å². The van der Waals surface area contributed by atoms with Crippen LogP contribution in [0.3, 0.4) is 0 Å². The third-order valence-corrected chi connectivity index (χ3v) is 3.34. The van der Waals surface area contributed by atoms with Gasteiger partial charge < -0.3 is 9.72 Å². The van der Waals surface area contributed by atoms with Crippen LogP contribution in [0.2, 0.25) is 0 Å². The fraction of sp³-hybridized carbons (Fsp3) is 0.0588. The van der Waals surface area contributed by atoms with Crippen LogP contribution in [0, 0.1) is 0 Å². The quantitative estimate of drug-likeness (QED) is 0.734. The van der Waals surface area contributed by atoms with E-state index in [-0.39, 0.29) is 11.1 Å². The molecule has 0 aliphatic heterocycles. The van der Waals surface area contributed by atoms with Gasteiger partial charge in [0.05, 0.1) is 7.11 Å². The summed E-state index contributed by atoms with van der Waals surface area (Å²) in [6, 6.07) is 16.6. The minimum atomic E-state index is -0.555. The summed E-state index contributed by atoms with van der Waals surface area (Å²) in [6.45, 7) is 0. The number of hydrogen-bond acceptors (Lipinski definition) is 3. The first-order chi connectivity index (χ1) is 10.2. The fourth-order valence-corrected chi connectivity index (χ4v) is 2.28. The summed E-state index contributed by atoms with van der Waals surface area (Å²) in [4.78, 5) is 26.6. The first kappa shape index (κ1) is 13.1. The number of aromatic amines is 1. The molecule has 3 aromatic rings. The fourth-order valence-electron chi connectivity index (χ4n) is 2.28. The maximum Gasteiger partial charge on any atom is 0.354 e. The number of hydrogen-bond donors (Lipinski definition) is 1. The Labute approximate surface area is 121 Å². The summed E-state index contributed by atoms with van der Waals surface area (Å²) in [7, 11) is 1.28. The molecule has 0 saturated carbocycles. The number of rotatable bonds is 2. The first-order valence-electron chi connectivity index (χ1n) is 6.50. The van der Waals surface area contributed by atoms with Crippen molar-refractivity contribution >= 4 is 16.9 Å². The van der Waals surface area contributed by atoms with Gasteiger partial charge in [0.15, 0.2) is 5.43 Å². The van der Waals surface area contributed by atoms with Crippen molar-refractivity contribution in [2.45, 2.75) is 0 Å². The highest BCUT2D eigenvalue weighted by Crippen LogP contribution is 2.22. The maximum absolute atomic E-state index is 12.2. The lowest BCUT2D eigenvalue weighted by molar-refractivity contribution is 0.0594. The van der Waals surface area contributed by atoms with Gasteiger partial charge in [-0.15, -0.1) is 0 Å². The van der Waals surface area contributed by atoms with E-state index >= 15 is 0 Å². The molecular formula is C17H13NO3. The van der Waals surface area contributed by atoms with Gasteiger partial charge in [-0.3, -0.25) is 4.79 Å². The third kappa shape index (κ3) is 2.43. The van der Waals surface area contributed by atoms with E-state index in [1.54, 1.807) is 6.07 Å². The van der Waals surface area contributed by atoms with Gasteiger partial charge in [-0.05, 0) is 23.3 Å². The zero-order valence-corrected chi connectivity index (χ0v) is 11.4. The number of aromatic nitrogens is 1. The smallest absolute Gasteiger partial charge is 0.354 e. The Morgan fingerprint density at radius 1 is 1.00 bits per heavy atom. The summed E-state index contributed by atoms with van der Waals surface area (Å²) in [5, 5.41) is 0.545. The predicted octanol–water partition coefficient (Wildman–Crippen LogP) is 2.98. The molecule has 4 heteroatoms. The summed E-state index contributed by atoms with van der Waals surface area (Å²) < 4.78 is 4.62. The molecule has 0 radical (unpaired) electrons. The Kier molecular flexibility index (Phi) is 3.28. The van der Waals surface area contributed by atoms with Gasteiger partial charge in [-0.25, -0.2) is 4.79 Å². The number of benzene rings is 2. The van der Waals surface area contributed by atoms with Crippen LogP contribution >= 0.6 is 0 Å². The van der Waals surface area contributed by atoms with Gasteiger partial charge >= 0.3 is 5.97 Å². The van der Waals surface area contributed by atoms with Gasteiger partial charge in [0.2, 0.25) is 0 Å².